The molecular weight excluding hydrogens is 402 g/mol. The van der Waals surface area contributed by atoms with E-state index in [2.05, 4.69) is 46.2 Å². The molecule has 2 aromatic heterocycles. The van der Waals surface area contributed by atoms with E-state index >= 15 is 0 Å². The fraction of sp³-hybridized carbons (Fsp3) is 0.360. The van der Waals surface area contributed by atoms with Gasteiger partial charge < -0.3 is 23.9 Å². The van der Waals surface area contributed by atoms with Crippen LogP contribution in [-0.2, 0) is 18.2 Å². The van der Waals surface area contributed by atoms with Crippen LogP contribution in [0.2, 0.25) is 0 Å². The fourth-order valence-corrected chi connectivity index (χ4v) is 4.43. The Labute approximate surface area is 188 Å². The van der Waals surface area contributed by atoms with Crippen LogP contribution in [0.4, 0.5) is 11.4 Å². The Bertz CT molecular complexity index is 1240. The number of nitrogens with one attached hydrogen (secondary N) is 1. The SMILES string of the molecule is COc1cc(Nc2cccc3c2nc(CC2CCOCC2)n3C)ccc1-n1cnc(C)c1. The Morgan fingerprint density at radius 1 is 1.19 bits per heavy atom. The molecule has 2 aromatic carbocycles. The molecule has 5 rings (SSSR count). The van der Waals surface area contributed by atoms with Crippen molar-refractivity contribution >= 4 is 22.4 Å². The number of fused-ring (bicyclic) bond motifs is 1. The largest absolute Gasteiger partial charge is 0.494 e. The molecule has 0 amide bonds. The highest BCUT2D eigenvalue weighted by atomic mass is 16.5. The molecule has 0 bridgehead atoms. The molecule has 1 N–H and O–H groups in total. The normalized spacial score (nSPS) is 14.7. The molecule has 7 heteroatoms. The molecule has 1 saturated heterocycles. The Hall–Kier alpha value is -3.32. The molecule has 166 valence electrons. The average Bonchev–Trinajstić information content (AvgIpc) is 3.38. The summed E-state index contributed by atoms with van der Waals surface area (Å²) in [5.74, 6) is 2.55. The first-order valence-electron chi connectivity index (χ1n) is 11.1. The molecule has 0 radical (unpaired) electrons. The number of methoxy groups -OCH3 is 1. The highest BCUT2D eigenvalue weighted by molar-refractivity contribution is 5.91. The van der Waals surface area contributed by atoms with Crippen LogP contribution in [0.25, 0.3) is 16.7 Å². The van der Waals surface area contributed by atoms with Gasteiger partial charge in [-0.25, -0.2) is 9.97 Å². The zero-order valence-electron chi connectivity index (χ0n) is 18.8. The Morgan fingerprint density at radius 3 is 2.78 bits per heavy atom. The van der Waals surface area contributed by atoms with Crippen LogP contribution in [0, 0.1) is 12.8 Å². The van der Waals surface area contributed by atoms with E-state index in [1.807, 2.05) is 29.8 Å². The van der Waals surface area contributed by atoms with Gasteiger partial charge in [-0.15, -0.1) is 0 Å². The molecule has 1 fully saturated rings. The Kier molecular flexibility index (Phi) is 5.57. The number of imidazole rings is 2. The minimum atomic E-state index is 0.638. The molecule has 0 atom stereocenters. The summed E-state index contributed by atoms with van der Waals surface area (Å²) in [6, 6.07) is 12.4. The topological polar surface area (TPSA) is 66.1 Å². The van der Waals surface area contributed by atoms with E-state index in [0.29, 0.717) is 5.92 Å². The second-order valence-corrected chi connectivity index (χ2v) is 8.45. The summed E-state index contributed by atoms with van der Waals surface area (Å²) in [6.07, 6.45) is 6.99. The van der Waals surface area contributed by atoms with Crippen molar-refractivity contribution in [2.24, 2.45) is 13.0 Å². The van der Waals surface area contributed by atoms with Gasteiger partial charge in [0.1, 0.15) is 17.1 Å². The molecule has 0 aliphatic carbocycles. The highest BCUT2D eigenvalue weighted by Gasteiger charge is 2.19. The van der Waals surface area contributed by atoms with E-state index in [-0.39, 0.29) is 0 Å². The number of aryl methyl sites for hydroxylation is 2. The molecular formula is C25H29N5O2. The quantitative estimate of drug-likeness (QED) is 0.476. The van der Waals surface area contributed by atoms with Crippen molar-refractivity contribution in [1.82, 2.24) is 19.1 Å². The molecule has 0 saturated carbocycles. The summed E-state index contributed by atoms with van der Waals surface area (Å²) in [5, 5.41) is 3.55. The third-order valence-electron chi connectivity index (χ3n) is 6.26. The molecule has 32 heavy (non-hydrogen) atoms. The summed E-state index contributed by atoms with van der Waals surface area (Å²) < 4.78 is 15.4. The first kappa shape index (κ1) is 20.6. The van der Waals surface area contributed by atoms with E-state index in [1.165, 1.54) is 0 Å². The lowest BCUT2D eigenvalue weighted by molar-refractivity contribution is 0.0658. The summed E-state index contributed by atoms with van der Waals surface area (Å²) in [5.41, 5.74) is 5.98. The van der Waals surface area contributed by atoms with Crippen LogP contribution < -0.4 is 10.1 Å². The first-order valence-corrected chi connectivity index (χ1v) is 11.1. The van der Waals surface area contributed by atoms with Crippen molar-refractivity contribution in [3.63, 3.8) is 0 Å². The molecule has 4 aromatic rings. The number of nitrogens with zero attached hydrogens (tertiary/aromatic N) is 4. The number of ether oxygens (including phenoxy) is 2. The van der Waals surface area contributed by atoms with E-state index in [4.69, 9.17) is 14.5 Å². The second-order valence-electron chi connectivity index (χ2n) is 8.45. The number of rotatable bonds is 6. The molecule has 3 heterocycles. The maximum absolute atomic E-state index is 5.66. The van der Waals surface area contributed by atoms with Crippen LogP contribution in [-0.4, -0.2) is 39.4 Å². The van der Waals surface area contributed by atoms with Crippen molar-refractivity contribution in [2.45, 2.75) is 26.2 Å². The molecule has 1 aliphatic heterocycles. The average molecular weight is 432 g/mol. The molecule has 0 spiro atoms. The maximum Gasteiger partial charge on any atom is 0.144 e. The minimum Gasteiger partial charge on any atom is -0.494 e. The van der Waals surface area contributed by atoms with E-state index in [1.54, 1.807) is 13.4 Å². The Balaban J connectivity index is 1.44. The number of para-hydroxylation sites is 1. The first-order chi connectivity index (χ1) is 15.6. The Morgan fingerprint density at radius 2 is 2.03 bits per heavy atom. The van der Waals surface area contributed by atoms with Gasteiger partial charge in [0.2, 0.25) is 0 Å². The van der Waals surface area contributed by atoms with Crippen molar-refractivity contribution in [2.75, 3.05) is 25.6 Å². The zero-order chi connectivity index (χ0) is 22.1. The summed E-state index contributed by atoms with van der Waals surface area (Å²) in [6.45, 7) is 3.69. The monoisotopic (exact) mass is 431 g/mol. The molecule has 7 nitrogen and oxygen atoms in total. The molecule has 1 aliphatic rings. The summed E-state index contributed by atoms with van der Waals surface area (Å²) >= 11 is 0. The zero-order valence-corrected chi connectivity index (χ0v) is 18.8. The van der Waals surface area contributed by atoms with Gasteiger partial charge in [0.25, 0.3) is 0 Å². The minimum absolute atomic E-state index is 0.638. The predicted octanol–water partition coefficient (Wildman–Crippen LogP) is 4.79. The number of benzene rings is 2. The smallest absolute Gasteiger partial charge is 0.144 e. The van der Waals surface area contributed by atoms with Gasteiger partial charge in [-0.05, 0) is 49.9 Å². The third kappa shape index (κ3) is 3.96. The number of hydrogen-bond acceptors (Lipinski definition) is 5. The van der Waals surface area contributed by atoms with Gasteiger partial charge in [0, 0.05) is 44.6 Å². The van der Waals surface area contributed by atoms with Gasteiger partial charge in [0.05, 0.1) is 36.0 Å². The van der Waals surface area contributed by atoms with Crippen molar-refractivity contribution < 1.29 is 9.47 Å². The van der Waals surface area contributed by atoms with Crippen molar-refractivity contribution in [3.05, 3.63) is 60.4 Å². The summed E-state index contributed by atoms with van der Waals surface area (Å²) in [4.78, 5) is 9.35. The fourth-order valence-electron chi connectivity index (χ4n) is 4.43. The van der Waals surface area contributed by atoms with Crippen LogP contribution >= 0.6 is 0 Å². The summed E-state index contributed by atoms with van der Waals surface area (Å²) in [7, 11) is 3.80. The van der Waals surface area contributed by atoms with Crippen molar-refractivity contribution in [1.29, 1.82) is 0 Å². The van der Waals surface area contributed by atoms with E-state index in [0.717, 1.165) is 77.8 Å². The van der Waals surface area contributed by atoms with Gasteiger partial charge in [-0.2, -0.15) is 0 Å². The van der Waals surface area contributed by atoms with Gasteiger partial charge in [0.15, 0.2) is 0 Å². The van der Waals surface area contributed by atoms with Crippen molar-refractivity contribution in [3.8, 4) is 11.4 Å². The van der Waals surface area contributed by atoms with E-state index in [9.17, 15) is 0 Å². The lowest BCUT2D eigenvalue weighted by atomic mass is 9.96. The number of hydrogen-bond donors (Lipinski definition) is 1. The number of aromatic nitrogens is 4. The van der Waals surface area contributed by atoms with E-state index < -0.39 is 0 Å². The predicted molar refractivity (Wildman–Crippen MR) is 126 cm³/mol. The lowest BCUT2D eigenvalue weighted by Crippen LogP contribution is -2.19. The highest BCUT2D eigenvalue weighted by Crippen LogP contribution is 2.32. The van der Waals surface area contributed by atoms with Crippen LogP contribution in [0.5, 0.6) is 5.75 Å². The van der Waals surface area contributed by atoms with Crippen LogP contribution in [0.3, 0.4) is 0 Å². The lowest BCUT2D eigenvalue weighted by Gasteiger charge is -2.21. The van der Waals surface area contributed by atoms with Crippen LogP contribution in [0.15, 0.2) is 48.9 Å². The number of anilines is 2. The van der Waals surface area contributed by atoms with Gasteiger partial charge in [-0.3, -0.25) is 0 Å². The third-order valence-corrected chi connectivity index (χ3v) is 6.26. The maximum atomic E-state index is 5.66. The second kappa shape index (κ2) is 8.67. The molecule has 0 unspecified atom stereocenters. The standard InChI is InChI=1S/C25H29N5O2/c1-17-15-30(16-26-17)21-8-7-19(14-23(21)31-3)27-20-5-4-6-22-25(20)28-24(29(22)2)13-18-9-11-32-12-10-18/h4-8,14-16,18,27H,9-13H2,1-3H3. The van der Waals surface area contributed by atoms with Gasteiger partial charge >= 0.3 is 0 Å². The van der Waals surface area contributed by atoms with Gasteiger partial charge in [-0.1, -0.05) is 6.07 Å². The van der Waals surface area contributed by atoms with Crippen LogP contribution in [0.1, 0.15) is 24.4 Å².